The van der Waals surface area contributed by atoms with Crippen LogP contribution in [0.4, 0.5) is 0 Å². The quantitative estimate of drug-likeness (QED) is 0.809. The summed E-state index contributed by atoms with van der Waals surface area (Å²) < 4.78 is 1.66. The molecular formula is C15H18N4OS. The van der Waals surface area contributed by atoms with E-state index in [1.165, 1.54) is 4.88 Å². The number of aryl methyl sites for hydroxylation is 3. The van der Waals surface area contributed by atoms with Crippen molar-refractivity contribution in [2.24, 2.45) is 0 Å². The first-order chi connectivity index (χ1) is 10.0. The molecule has 0 saturated heterocycles. The molecule has 0 aliphatic heterocycles. The first-order valence-electron chi connectivity index (χ1n) is 7.03. The van der Waals surface area contributed by atoms with Gasteiger partial charge >= 0.3 is 0 Å². The number of rotatable bonds is 3. The lowest BCUT2D eigenvalue weighted by atomic mass is 10.1. The minimum absolute atomic E-state index is 0.0164. The molecule has 0 spiro atoms. The van der Waals surface area contributed by atoms with Crippen LogP contribution in [0.25, 0.3) is 10.2 Å². The molecule has 0 bridgehead atoms. The van der Waals surface area contributed by atoms with Gasteiger partial charge in [0.15, 0.2) is 0 Å². The number of nitrogens with one attached hydrogen (secondary N) is 1. The summed E-state index contributed by atoms with van der Waals surface area (Å²) in [5, 5.41) is 0.762. The molecule has 0 aliphatic rings. The second-order valence-electron chi connectivity index (χ2n) is 5.25. The van der Waals surface area contributed by atoms with E-state index < -0.39 is 0 Å². The maximum atomic E-state index is 12.8. The molecule has 0 aromatic carbocycles. The van der Waals surface area contributed by atoms with Gasteiger partial charge in [0.1, 0.15) is 10.7 Å². The highest BCUT2D eigenvalue weighted by Gasteiger charge is 2.18. The summed E-state index contributed by atoms with van der Waals surface area (Å²) in [4.78, 5) is 26.8. The molecule has 1 N–H and O–H groups in total. The summed E-state index contributed by atoms with van der Waals surface area (Å²) in [6.07, 6.45) is 4.25. The number of fused-ring (bicyclic) bond motifs is 1. The molecule has 0 radical (unpaired) electrons. The van der Waals surface area contributed by atoms with Crippen molar-refractivity contribution in [2.45, 2.75) is 40.2 Å². The fourth-order valence-corrected chi connectivity index (χ4v) is 3.72. The van der Waals surface area contributed by atoms with Crippen molar-refractivity contribution in [2.75, 3.05) is 0 Å². The molecule has 5 nitrogen and oxygen atoms in total. The van der Waals surface area contributed by atoms with Gasteiger partial charge in [0.25, 0.3) is 5.56 Å². The Morgan fingerprint density at radius 2 is 2.14 bits per heavy atom. The van der Waals surface area contributed by atoms with Gasteiger partial charge in [-0.2, -0.15) is 0 Å². The van der Waals surface area contributed by atoms with Gasteiger partial charge in [0.2, 0.25) is 0 Å². The first-order valence-corrected chi connectivity index (χ1v) is 7.85. The van der Waals surface area contributed by atoms with Crippen molar-refractivity contribution < 1.29 is 0 Å². The topological polar surface area (TPSA) is 63.6 Å². The van der Waals surface area contributed by atoms with Crippen molar-refractivity contribution in [1.82, 2.24) is 19.5 Å². The Kier molecular flexibility index (Phi) is 3.41. The number of thiophene rings is 1. The lowest BCUT2D eigenvalue weighted by Crippen LogP contribution is -2.25. The highest BCUT2D eigenvalue weighted by molar-refractivity contribution is 7.18. The van der Waals surface area contributed by atoms with Crippen molar-refractivity contribution in [1.29, 1.82) is 0 Å². The van der Waals surface area contributed by atoms with Crippen LogP contribution in [0.15, 0.2) is 17.3 Å². The molecule has 3 aromatic heterocycles. The van der Waals surface area contributed by atoms with Gasteiger partial charge in [-0.15, -0.1) is 11.3 Å². The Bertz CT molecular complexity index is 858. The Balaban J connectivity index is 2.20. The van der Waals surface area contributed by atoms with Crippen molar-refractivity contribution in [3.8, 4) is 0 Å². The van der Waals surface area contributed by atoms with E-state index in [2.05, 4.69) is 21.9 Å². The van der Waals surface area contributed by atoms with Crippen molar-refractivity contribution >= 4 is 21.6 Å². The summed E-state index contributed by atoms with van der Waals surface area (Å²) in [5.74, 6) is 0.778. The highest BCUT2D eigenvalue weighted by Crippen LogP contribution is 2.27. The Morgan fingerprint density at radius 3 is 2.76 bits per heavy atom. The number of aromatic amines is 1. The Labute approximate surface area is 126 Å². The van der Waals surface area contributed by atoms with Crippen LogP contribution >= 0.6 is 11.3 Å². The van der Waals surface area contributed by atoms with E-state index in [-0.39, 0.29) is 11.6 Å². The normalized spacial score (nSPS) is 13.0. The van der Waals surface area contributed by atoms with Crippen LogP contribution in [0.2, 0.25) is 0 Å². The van der Waals surface area contributed by atoms with Crippen LogP contribution in [0.1, 0.15) is 41.8 Å². The van der Waals surface area contributed by atoms with Gasteiger partial charge in [-0.05, 0) is 32.8 Å². The number of hydrogen-bond donors (Lipinski definition) is 1. The van der Waals surface area contributed by atoms with Gasteiger partial charge in [-0.1, -0.05) is 6.92 Å². The third-order valence-electron chi connectivity index (χ3n) is 3.83. The predicted molar refractivity (Wildman–Crippen MR) is 85.1 cm³/mol. The zero-order valence-electron chi connectivity index (χ0n) is 12.6. The number of hydrogen-bond acceptors (Lipinski definition) is 4. The molecule has 0 amide bonds. The monoisotopic (exact) mass is 302 g/mol. The van der Waals surface area contributed by atoms with Crippen LogP contribution in [-0.4, -0.2) is 19.5 Å². The van der Waals surface area contributed by atoms with E-state index in [9.17, 15) is 4.79 Å². The Morgan fingerprint density at radius 1 is 1.38 bits per heavy atom. The maximum absolute atomic E-state index is 12.8. The molecule has 6 heteroatoms. The zero-order valence-corrected chi connectivity index (χ0v) is 13.4. The van der Waals surface area contributed by atoms with Crippen molar-refractivity contribution in [3.63, 3.8) is 0 Å². The molecule has 0 aliphatic carbocycles. The zero-order chi connectivity index (χ0) is 15.1. The smallest absolute Gasteiger partial charge is 0.263 e. The summed E-state index contributed by atoms with van der Waals surface area (Å²) in [6.45, 7) is 8.03. The van der Waals surface area contributed by atoms with Gasteiger partial charge < -0.3 is 4.98 Å². The van der Waals surface area contributed by atoms with E-state index in [4.69, 9.17) is 0 Å². The Hall–Kier alpha value is -1.95. The third-order valence-corrected chi connectivity index (χ3v) is 4.88. The van der Waals surface area contributed by atoms with E-state index in [0.29, 0.717) is 0 Å². The van der Waals surface area contributed by atoms with Gasteiger partial charge in [-0.3, -0.25) is 9.36 Å². The molecule has 1 atom stereocenters. The number of aromatic nitrogens is 4. The van der Waals surface area contributed by atoms with Crippen LogP contribution in [0.3, 0.4) is 0 Å². The largest absolute Gasteiger partial charge is 0.344 e. The average molecular weight is 302 g/mol. The third kappa shape index (κ3) is 2.19. The standard InChI is InChI=1S/C15H18N4OS/c1-5-11-10(4)21-14-12(11)15(20)19(7-17-14)9(3)13-16-6-8(2)18-13/h6-7,9H,5H2,1-4H3,(H,16,18)/t9-/m1/s1. The molecule has 0 fully saturated rings. The van der Waals surface area contributed by atoms with Crippen LogP contribution < -0.4 is 5.56 Å². The van der Waals surface area contributed by atoms with Crippen LogP contribution in [0.5, 0.6) is 0 Å². The molecule has 3 rings (SSSR count). The average Bonchev–Trinajstić information content (AvgIpc) is 3.01. The summed E-state index contributed by atoms with van der Waals surface area (Å²) in [7, 11) is 0. The van der Waals surface area contributed by atoms with E-state index >= 15 is 0 Å². The van der Waals surface area contributed by atoms with Crippen LogP contribution in [-0.2, 0) is 6.42 Å². The van der Waals surface area contributed by atoms with E-state index in [1.54, 1.807) is 28.4 Å². The van der Waals surface area contributed by atoms with E-state index in [0.717, 1.165) is 33.7 Å². The summed E-state index contributed by atoms with van der Waals surface area (Å²) in [6, 6.07) is -0.159. The number of H-pyrrole nitrogens is 1. The maximum Gasteiger partial charge on any atom is 0.263 e. The lowest BCUT2D eigenvalue weighted by molar-refractivity contribution is 0.580. The predicted octanol–water partition coefficient (Wildman–Crippen LogP) is 2.97. The highest BCUT2D eigenvalue weighted by atomic mass is 32.1. The minimum atomic E-state index is -0.159. The second kappa shape index (κ2) is 5.11. The first kappa shape index (κ1) is 14.0. The second-order valence-corrected chi connectivity index (χ2v) is 6.46. The van der Waals surface area contributed by atoms with Crippen LogP contribution in [0, 0.1) is 13.8 Å². The van der Waals surface area contributed by atoms with Gasteiger partial charge in [0, 0.05) is 16.8 Å². The molecule has 0 unspecified atom stereocenters. The molecule has 21 heavy (non-hydrogen) atoms. The van der Waals surface area contributed by atoms with Gasteiger partial charge in [0.05, 0.1) is 17.8 Å². The fraction of sp³-hybridized carbons (Fsp3) is 0.400. The van der Waals surface area contributed by atoms with Crippen molar-refractivity contribution in [3.05, 3.63) is 44.8 Å². The molecule has 3 aromatic rings. The lowest BCUT2D eigenvalue weighted by Gasteiger charge is -2.12. The number of nitrogens with zero attached hydrogens (tertiary/aromatic N) is 3. The minimum Gasteiger partial charge on any atom is -0.344 e. The number of imidazole rings is 1. The molecular weight excluding hydrogens is 284 g/mol. The van der Waals surface area contributed by atoms with Gasteiger partial charge in [-0.25, -0.2) is 9.97 Å². The summed E-state index contributed by atoms with van der Waals surface area (Å²) >= 11 is 1.59. The SMILES string of the molecule is CCc1c(C)sc2ncn([C@H](C)c3ncc(C)[nH]3)c(=O)c12. The molecule has 3 heterocycles. The fourth-order valence-electron chi connectivity index (χ4n) is 2.65. The molecule has 110 valence electrons. The summed E-state index contributed by atoms with van der Waals surface area (Å²) in [5.41, 5.74) is 2.12. The molecule has 0 saturated carbocycles. The van der Waals surface area contributed by atoms with E-state index in [1.807, 2.05) is 20.8 Å².